The zero-order chi connectivity index (χ0) is 62.8. The number of aliphatic carboxylic acids is 1. The van der Waals surface area contributed by atoms with Crippen molar-refractivity contribution in [3.63, 3.8) is 0 Å². The lowest BCUT2D eigenvalue weighted by atomic mass is 10.0. The van der Waals surface area contributed by atoms with Gasteiger partial charge in [-0.25, -0.2) is 9.78 Å². The first kappa shape index (κ1) is 68.4. The molecule has 2 aromatic carbocycles. The highest BCUT2D eigenvalue weighted by Crippen LogP contribution is 2.24. The van der Waals surface area contributed by atoms with E-state index in [1.165, 1.54) is 26.4 Å². The number of hydrogen-bond donors (Lipinski definition) is 16. The number of carbonyl (C=O) groups excluding carboxylic acids is 9. The fraction of sp³-hybridized carbons (Fsp3) is 0.431. The van der Waals surface area contributed by atoms with Crippen LogP contribution >= 0.6 is 21.6 Å². The van der Waals surface area contributed by atoms with Gasteiger partial charge in [0, 0.05) is 79.8 Å². The average Bonchev–Trinajstić information content (AvgIpc) is 3.48. The van der Waals surface area contributed by atoms with E-state index in [-0.39, 0.29) is 81.5 Å². The Morgan fingerprint density at radius 1 is 0.706 bits per heavy atom. The molecule has 0 radical (unpaired) electrons. The molecule has 9 amide bonds. The SMILES string of the molecule is CC(=O)N[C@@H](CCCN=C(N)N)C(=O)N[C@H]1CSSC[C@@H](C(N)=O)NC(=O)[C@H](Cc2c[nH]c3ccccc23)NC(=O)[C@H](CCCN=C(N)N)NC(=O)[C@@H](Cc2ccccc2)NC(=O)[C@H](Cc2cnc[nH]2)NC(=O)[C@@H](C)NC1=O.O=C(O)C(F)(F)F. The van der Waals surface area contributed by atoms with Crippen LogP contribution in [0.5, 0.6) is 0 Å². The van der Waals surface area contributed by atoms with Crippen molar-refractivity contribution in [3.05, 3.63) is 90.1 Å². The monoisotopic (exact) mass is 1230 g/mol. The molecule has 0 aliphatic carbocycles. The molecule has 5 rings (SSSR count). The number of aromatic nitrogens is 3. The number of primary amides is 1. The fourth-order valence-corrected chi connectivity index (χ4v) is 10.4. The molecule has 0 bridgehead atoms. The van der Waals surface area contributed by atoms with Crippen molar-refractivity contribution in [2.24, 2.45) is 38.7 Å². The number of guanidine groups is 2. The van der Waals surface area contributed by atoms with Gasteiger partial charge in [0.1, 0.15) is 48.3 Å². The van der Waals surface area contributed by atoms with Crippen LogP contribution in [0, 0.1) is 0 Å². The van der Waals surface area contributed by atoms with E-state index in [2.05, 4.69) is 67.5 Å². The number of hydrogen-bond acceptors (Lipinski definition) is 15. The van der Waals surface area contributed by atoms with Gasteiger partial charge in [-0.05, 0) is 49.8 Å². The van der Waals surface area contributed by atoms with E-state index in [1.54, 1.807) is 42.6 Å². The molecule has 462 valence electrons. The van der Waals surface area contributed by atoms with Gasteiger partial charge in [0.2, 0.25) is 53.2 Å². The summed E-state index contributed by atoms with van der Waals surface area (Å²) < 4.78 is 31.7. The molecular weight excluding hydrogens is 1160 g/mol. The minimum absolute atomic E-state index is 0.0573. The van der Waals surface area contributed by atoms with Gasteiger partial charge in [0.25, 0.3) is 0 Å². The Morgan fingerprint density at radius 2 is 1.26 bits per heavy atom. The molecule has 3 heterocycles. The number of halogens is 3. The van der Waals surface area contributed by atoms with E-state index in [0.29, 0.717) is 16.8 Å². The molecule has 8 atom stereocenters. The van der Waals surface area contributed by atoms with Gasteiger partial charge in [0.05, 0.1) is 6.33 Å². The maximum Gasteiger partial charge on any atom is 0.490 e. The molecule has 4 aromatic rings. The number of para-hydroxylation sites is 1. The Morgan fingerprint density at radius 3 is 1.86 bits per heavy atom. The van der Waals surface area contributed by atoms with Crippen molar-refractivity contribution in [1.29, 1.82) is 0 Å². The number of carbonyl (C=O) groups is 10. The van der Waals surface area contributed by atoms with Crippen LogP contribution in [0.25, 0.3) is 10.9 Å². The number of benzene rings is 2. The zero-order valence-electron chi connectivity index (χ0n) is 46.0. The van der Waals surface area contributed by atoms with Gasteiger partial charge < -0.3 is 86.3 Å². The lowest BCUT2D eigenvalue weighted by Crippen LogP contribution is -2.61. The second kappa shape index (κ2) is 33.9. The summed E-state index contributed by atoms with van der Waals surface area (Å²) in [6.45, 7) is 2.74. The summed E-state index contributed by atoms with van der Waals surface area (Å²) in [5.41, 5.74) is 30.3. The van der Waals surface area contributed by atoms with Crippen molar-refractivity contribution in [2.45, 2.75) is 113 Å². The van der Waals surface area contributed by atoms with Crippen molar-refractivity contribution in [3.8, 4) is 0 Å². The number of nitrogens with two attached hydrogens (primary N) is 5. The Balaban J connectivity index is 0.00000208. The summed E-state index contributed by atoms with van der Waals surface area (Å²) in [4.78, 5) is 152. The first-order valence-electron chi connectivity index (χ1n) is 26.1. The largest absolute Gasteiger partial charge is 0.490 e. The number of alkyl halides is 3. The molecule has 1 aliphatic heterocycles. The summed E-state index contributed by atoms with van der Waals surface area (Å²) in [6.07, 6.45) is -0.549. The molecule has 29 nitrogen and oxygen atoms in total. The summed E-state index contributed by atoms with van der Waals surface area (Å²) in [7, 11) is 2.02. The third-order valence-electron chi connectivity index (χ3n) is 12.3. The number of carboxylic acids is 1. The molecule has 21 N–H and O–H groups in total. The van der Waals surface area contributed by atoms with Gasteiger partial charge in [-0.2, -0.15) is 13.2 Å². The number of aliphatic imine (C=N–C) groups is 2. The fourth-order valence-electron chi connectivity index (χ4n) is 8.05. The zero-order valence-corrected chi connectivity index (χ0v) is 47.7. The standard InChI is InChI=1S/C49H68N18O9S2.C2HF3O2/c1-26-41(70)63-37(20-30-22-55-25-59-30)46(75)64-35(18-28-10-4-3-5-11-28)44(73)62-34(15-9-17-57-49(53)54)43(72)65-36(19-29-21-58-32-13-7-6-12-31(29)32)45(74)66-38(40(50)69)23-77-78-24-39(47(76)60-26)67-42(71)33(61-27(2)68)14-8-16-56-48(51)52;3-2(4,5)1(6)7/h3-7,10-13,21-22,25-26,33-39,58H,8-9,14-20,23-24H2,1-2H3,(H2,50,69)(H,55,59)(H,60,76)(H,61,68)(H,62,73)(H,63,70)(H,64,75)(H,65,72)(H,66,74)(H,67,71)(H4,51,52,56)(H4,53,54,57);(H,6,7)/t26-,33+,34+,35-,36+,37+,38+,39+;/m1./s1. The number of amides is 9. The van der Waals surface area contributed by atoms with E-state index in [1.807, 2.05) is 18.2 Å². The molecule has 0 spiro atoms. The third-order valence-corrected chi connectivity index (χ3v) is 14.7. The molecule has 0 unspecified atom stereocenters. The summed E-state index contributed by atoms with van der Waals surface area (Å²) >= 11 is 0. The van der Waals surface area contributed by atoms with Crippen LogP contribution in [0.1, 0.15) is 56.4 Å². The second-order valence-corrected chi connectivity index (χ2v) is 21.6. The smallest absolute Gasteiger partial charge is 0.475 e. The van der Waals surface area contributed by atoms with Crippen molar-refractivity contribution in [1.82, 2.24) is 57.5 Å². The minimum Gasteiger partial charge on any atom is -0.475 e. The van der Waals surface area contributed by atoms with Crippen LogP contribution in [-0.2, 0) is 67.2 Å². The normalized spacial score (nSPS) is 20.8. The Labute approximate surface area is 492 Å². The molecule has 1 fully saturated rings. The first-order valence-corrected chi connectivity index (χ1v) is 28.6. The maximum absolute atomic E-state index is 14.6. The van der Waals surface area contributed by atoms with Crippen LogP contribution in [0.2, 0.25) is 0 Å². The second-order valence-electron chi connectivity index (χ2n) is 19.1. The van der Waals surface area contributed by atoms with Crippen molar-refractivity contribution in [2.75, 3.05) is 24.6 Å². The number of rotatable bonds is 18. The van der Waals surface area contributed by atoms with Crippen LogP contribution in [-0.4, -0.2) is 170 Å². The van der Waals surface area contributed by atoms with Crippen molar-refractivity contribution < 1.29 is 66.2 Å². The molecular formula is C51H69F3N18O11S2. The van der Waals surface area contributed by atoms with Crippen molar-refractivity contribution >= 4 is 104 Å². The molecule has 85 heavy (non-hydrogen) atoms. The molecule has 0 saturated carbocycles. The Hall–Kier alpha value is -9.08. The molecule has 1 saturated heterocycles. The van der Waals surface area contributed by atoms with Crippen LogP contribution < -0.4 is 71.2 Å². The number of nitrogens with zero attached hydrogens (tertiary/aromatic N) is 3. The highest BCUT2D eigenvalue weighted by molar-refractivity contribution is 8.76. The number of nitrogens with one attached hydrogen (secondary N) is 10. The number of fused-ring (bicyclic) bond motifs is 1. The third kappa shape index (κ3) is 24.0. The quantitative estimate of drug-likeness (QED) is 0.0211. The number of H-pyrrole nitrogens is 2. The van der Waals surface area contributed by atoms with Gasteiger partial charge in [-0.1, -0.05) is 70.1 Å². The van der Waals surface area contributed by atoms with Gasteiger partial charge >= 0.3 is 12.1 Å². The van der Waals surface area contributed by atoms with E-state index in [4.69, 9.17) is 38.6 Å². The predicted molar refractivity (Wildman–Crippen MR) is 309 cm³/mol. The van der Waals surface area contributed by atoms with Crippen LogP contribution in [0.4, 0.5) is 13.2 Å². The lowest BCUT2D eigenvalue weighted by Gasteiger charge is -2.27. The molecule has 1 aliphatic rings. The van der Waals surface area contributed by atoms with E-state index >= 15 is 0 Å². The average molecular weight is 1230 g/mol. The van der Waals surface area contributed by atoms with E-state index in [9.17, 15) is 56.3 Å². The maximum atomic E-state index is 14.6. The highest BCUT2D eigenvalue weighted by Gasteiger charge is 2.39. The van der Waals surface area contributed by atoms with Gasteiger partial charge in [-0.15, -0.1) is 0 Å². The molecule has 2 aromatic heterocycles. The highest BCUT2D eigenvalue weighted by atomic mass is 33.1. The Kier molecular flexibility index (Phi) is 27.3. The van der Waals surface area contributed by atoms with Gasteiger partial charge in [-0.3, -0.25) is 53.1 Å². The topological polar surface area (TPSA) is 486 Å². The van der Waals surface area contributed by atoms with Gasteiger partial charge in [0.15, 0.2) is 11.9 Å². The number of carboxylic acid groups (broad SMARTS) is 1. The van der Waals surface area contributed by atoms with E-state index < -0.39 is 114 Å². The Bertz CT molecular complexity index is 3000. The number of imidazole rings is 1. The lowest BCUT2D eigenvalue weighted by molar-refractivity contribution is -0.192. The predicted octanol–water partition coefficient (Wildman–Crippen LogP) is -2.54. The van der Waals surface area contributed by atoms with Crippen LogP contribution in [0.15, 0.2) is 83.3 Å². The minimum atomic E-state index is -5.08. The summed E-state index contributed by atoms with van der Waals surface area (Å²) in [6, 6.07) is 5.16. The summed E-state index contributed by atoms with van der Waals surface area (Å²) in [5, 5.41) is 29.3. The summed E-state index contributed by atoms with van der Waals surface area (Å²) in [5.74, 6) is -10.7. The first-order chi connectivity index (χ1) is 40.2. The van der Waals surface area contributed by atoms with E-state index in [0.717, 1.165) is 32.5 Å². The number of aromatic amines is 2. The van der Waals surface area contributed by atoms with Crippen LogP contribution in [0.3, 0.4) is 0 Å². The molecule has 34 heteroatoms.